The van der Waals surface area contributed by atoms with Crippen molar-refractivity contribution in [1.29, 1.82) is 0 Å². The van der Waals surface area contributed by atoms with Gasteiger partial charge in [0, 0.05) is 11.8 Å². The Labute approximate surface area is 176 Å². The Hall–Kier alpha value is -3.92. The molecule has 0 radical (unpaired) electrons. The van der Waals surface area contributed by atoms with Crippen LogP contribution in [0.1, 0.15) is 21.5 Å². The molecule has 1 aromatic heterocycles. The van der Waals surface area contributed by atoms with E-state index in [0.29, 0.717) is 23.7 Å². The predicted octanol–water partition coefficient (Wildman–Crippen LogP) is 5.89. The number of benzene rings is 3. The quantitative estimate of drug-likeness (QED) is 0.444. The van der Waals surface area contributed by atoms with Crippen LogP contribution in [-0.4, -0.2) is 10.9 Å². The van der Waals surface area contributed by atoms with Crippen molar-refractivity contribution in [3.05, 3.63) is 114 Å². The first-order valence-electron chi connectivity index (χ1n) is 9.79. The number of anilines is 1. The maximum Gasteiger partial charge on any atom is 0.255 e. The van der Waals surface area contributed by atoms with Crippen molar-refractivity contribution in [3.63, 3.8) is 0 Å². The summed E-state index contributed by atoms with van der Waals surface area (Å²) in [6.45, 7) is 2.44. The zero-order valence-electron chi connectivity index (χ0n) is 16.7. The molecule has 4 nitrogen and oxygen atoms in total. The summed E-state index contributed by atoms with van der Waals surface area (Å²) in [7, 11) is 0. The van der Waals surface area contributed by atoms with Gasteiger partial charge in [0.2, 0.25) is 5.88 Å². The van der Waals surface area contributed by atoms with Crippen LogP contribution in [0.15, 0.2) is 97.2 Å². The van der Waals surface area contributed by atoms with E-state index in [4.69, 9.17) is 4.74 Å². The Morgan fingerprint density at radius 1 is 0.833 bits per heavy atom. The lowest BCUT2D eigenvalue weighted by atomic mass is 10.0. The third kappa shape index (κ3) is 4.73. The molecule has 1 N–H and O–H groups in total. The summed E-state index contributed by atoms with van der Waals surface area (Å²) in [6.07, 6.45) is 1.65. The highest BCUT2D eigenvalue weighted by molar-refractivity contribution is 6.04. The van der Waals surface area contributed by atoms with Crippen LogP contribution in [0.4, 0.5) is 5.69 Å². The van der Waals surface area contributed by atoms with Crippen LogP contribution in [-0.2, 0) is 6.61 Å². The molecule has 1 heterocycles. The zero-order chi connectivity index (χ0) is 20.8. The summed E-state index contributed by atoms with van der Waals surface area (Å²) < 4.78 is 5.90. The van der Waals surface area contributed by atoms with Gasteiger partial charge in [-0.2, -0.15) is 0 Å². The van der Waals surface area contributed by atoms with E-state index in [0.717, 1.165) is 11.1 Å². The number of carbonyl (C=O) groups excluding carboxylic acids is 1. The van der Waals surface area contributed by atoms with Gasteiger partial charge in [-0.1, -0.05) is 72.3 Å². The summed E-state index contributed by atoms with van der Waals surface area (Å²) in [5.74, 6) is 0.195. The van der Waals surface area contributed by atoms with Crippen molar-refractivity contribution in [2.75, 3.05) is 5.32 Å². The first-order valence-corrected chi connectivity index (χ1v) is 9.79. The first kappa shape index (κ1) is 19.4. The highest BCUT2D eigenvalue weighted by Crippen LogP contribution is 2.24. The number of aryl methyl sites for hydroxylation is 1. The second-order valence-corrected chi connectivity index (χ2v) is 7.03. The molecule has 1 amide bonds. The van der Waals surface area contributed by atoms with Gasteiger partial charge in [-0.3, -0.25) is 4.79 Å². The predicted molar refractivity (Wildman–Crippen MR) is 120 cm³/mol. The van der Waals surface area contributed by atoms with Crippen LogP contribution in [0.3, 0.4) is 0 Å². The minimum atomic E-state index is -0.198. The van der Waals surface area contributed by atoms with Crippen molar-refractivity contribution in [2.24, 2.45) is 0 Å². The molecule has 3 aromatic carbocycles. The molecule has 0 unspecified atom stereocenters. The van der Waals surface area contributed by atoms with E-state index in [1.165, 1.54) is 11.1 Å². The maximum atomic E-state index is 12.4. The van der Waals surface area contributed by atoms with Gasteiger partial charge in [-0.25, -0.2) is 4.98 Å². The average molecular weight is 394 g/mol. The summed E-state index contributed by atoms with van der Waals surface area (Å²) in [4.78, 5) is 16.7. The van der Waals surface area contributed by atoms with Crippen LogP contribution >= 0.6 is 0 Å². The number of pyridine rings is 1. The standard InChI is InChI=1S/C26H22N2O2/c1-19-9-13-21(14-10-19)22-15-11-20(12-16-22)18-30-26-24(8-5-17-27-26)28-25(29)23-6-3-2-4-7-23/h2-17H,18H2,1H3,(H,28,29). The SMILES string of the molecule is Cc1ccc(-c2ccc(COc3ncccc3NC(=O)c3ccccc3)cc2)cc1. The normalized spacial score (nSPS) is 10.4. The largest absolute Gasteiger partial charge is 0.471 e. The summed E-state index contributed by atoms with van der Waals surface area (Å²) in [5.41, 5.74) is 5.74. The molecule has 0 atom stereocenters. The van der Waals surface area contributed by atoms with Crippen LogP contribution in [0, 0.1) is 6.92 Å². The van der Waals surface area contributed by atoms with Crippen molar-refractivity contribution in [3.8, 4) is 17.0 Å². The van der Waals surface area contributed by atoms with Crippen molar-refractivity contribution in [2.45, 2.75) is 13.5 Å². The average Bonchev–Trinajstić information content (AvgIpc) is 2.80. The van der Waals surface area contributed by atoms with Crippen LogP contribution in [0.25, 0.3) is 11.1 Å². The molecule has 0 fully saturated rings. The molecule has 148 valence electrons. The Bertz CT molecular complexity index is 1120. The van der Waals surface area contributed by atoms with E-state index in [2.05, 4.69) is 53.6 Å². The van der Waals surface area contributed by atoms with Gasteiger partial charge < -0.3 is 10.1 Å². The molecule has 30 heavy (non-hydrogen) atoms. The van der Waals surface area contributed by atoms with Gasteiger partial charge in [-0.05, 0) is 47.9 Å². The van der Waals surface area contributed by atoms with Crippen molar-refractivity contribution in [1.82, 2.24) is 4.98 Å². The third-order valence-electron chi connectivity index (χ3n) is 4.77. The molecule has 0 saturated heterocycles. The van der Waals surface area contributed by atoms with Gasteiger partial charge in [0.15, 0.2) is 0 Å². The van der Waals surface area contributed by atoms with E-state index < -0.39 is 0 Å². The second-order valence-electron chi connectivity index (χ2n) is 7.03. The Morgan fingerprint density at radius 2 is 1.50 bits per heavy atom. The zero-order valence-corrected chi connectivity index (χ0v) is 16.7. The number of rotatable bonds is 6. The number of hydrogen-bond donors (Lipinski definition) is 1. The number of carbonyl (C=O) groups is 1. The van der Waals surface area contributed by atoms with E-state index in [1.54, 1.807) is 30.5 Å². The molecule has 0 aliphatic rings. The monoisotopic (exact) mass is 394 g/mol. The number of amides is 1. The van der Waals surface area contributed by atoms with Gasteiger partial charge >= 0.3 is 0 Å². The molecular formula is C26H22N2O2. The lowest BCUT2D eigenvalue weighted by molar-refractivity contribution is 0.102. The van der Waals surface area contributed by atoms with E-state index >= 15 is 0 Å². The summed E-state index contributed by atoms with van der Waals surface area (Å²) in [5, 5.41) is 2.87. The Morgan fingerprint density at radius 3 is 2.20 bits per heavy atom. The fraction of sp³-hybridized carbons (Fsp3) is 0.0769. The Balaban J connectivity index is 1.43. The second kappa shape index (κ2) is 9.05. The molecule has 0 spiro atoms. The van der Waals surface area contributed by atoms with Crippen LogP contribution in [0.2, 0.25) is 0 Å². The van der Waals surface area contributed by atoms with Crippen molar-refractivity contribution < 1.29 is 9.53 Å². The molecular weight excluding hydrogens is 372 g/mol. The highest BCUT2D eigenvalue weighted by atomic mass is 16.5. The van der Waals surface area contributed by atoms with Gasteiger partial charge in [-0.15, -0.1) is 0 Å². The van der Waals surface area contributed by atoms with Crippen LogP contribution in [0.5, 0.6) is 5.88 Å². The van der Waals surface area contributed by atoms with E-state index in [9.17, 15) is 4.79 Å². The number of nitrogens with one attached hydrogen (secondary N) is 1. The molecule has 4 rings (SSSR count). The number of hydrogen-bond acceptors (Lipinski definition) is 3. The minimum absolute atomic E-state index is 0.198. The number of nitrogens with zero attached hydrogens (tertiary/aromatic N) is 1. The fourth-order valence-corrected chi connectivity index (χ4v) is 3.08. The Kier molecular flexibility index (Phi) is 5.85. The topological polar surface area (TPSA) is 51.2 Å². The fourth-order valence-electron chi connectivity index (χ4n) is 3.08. The molecule has 0 aliphatic carbocycles. The van der Waals surface area contributed by atoms with Crippen LogP contribution < -0.4 is 10.1 Å². The third-order valence-corrected chi connectivity index (χ3v) is 4.77. The lowest BCUT2D eigenvalue weighted by Gasteiger charge is -2.12. The summed E-state index contributed by atoms with van der Waals surface area (Å²) >= 11 is 0. The lowest BCUT2D eigenvalue weighted by Crippen LogP contribution is -2.13. The number of ether oxygens (including phenoxy) is 1. The minimum Gasteiger partial charge on any atom is -0.471 e. The smallest absolute Gasteiger partial charge is 0.255 e. The highest BCUT2D eigenvalue weighted by Gasteiger charge is 2.11. The van der Waals surface area contributed by atoms with Gasteiger partial charge in [0.25, 0.3) is 5.91 Å². The van der Waals surface area contributed by atoms with E-state index in [1.807, 2.05) is 30.3 Å². The molecule has 4 heteroatoms. The van der Waals surface area contributed by atoms with Gasteiger partial charge in [0.05, 0.1) is 0 Å². The molecule has 0 saturated carbocycles. The van der Waals surface area contributed by atoms with Crippen molar-refractivity contribution >= 4 is 11.6 Å². The maximum absolute atomic E-state index is 12.4. The molecule has 4 aromatic rings. The summed E-state index contributed by atoms with van der Waals surface area (Å²) in [6, 6.07) is 29.3. The first-order chi connectivity index (χ1) is 14.7. The number of aromatic nitrogens is 1. The van der Waals surface area contributed by atoms with E-state index in [-0.39, 0.29) is 5.91 Å². The molecule has 0 aliphatic heterocycles. The molecule has 0 bridgehead atoms. The van der Waals surface area contributed by atoms with Gasteiger partial charge in [0.1, 0.15) is 12.3 Å².